The van der Waals surface area contributed by atoms with E-state index >= 15 is 0 Å². The van der Waals surface area contributed by atoms with E-state index in [2.05, 4.69) is 5.32 Å². The Bertz CT molecular complexity index is 182. The molecule has 0 saturated heterocycles. The van der Waals surface area contributed by atoms with E-state index in [9.17, 15) is 9.90 Å². The van der Waals surface area contributed by atoms with Gasteiger partial charge in [-0.25, -0.2) is 0 Å². The zero-order valence-corrected chi connectivity index (χ0v) is 7.86. The summed E-state index contributed by atoms with van der Waals surface area (Å²) in [7, 11) is 0. The number of rotatable bonds is 3. The van der Waals surface area contributed by atoms with Crippen molar-refractivity contribution < 1.29 is 15.0 Å². The van der Waals surface area contributed by atoms with Crippen LogP contribution in [0.1, 0.15) is 26.2 Å². The lowest BCUT2D eigenvalue weighted by Gasteiger charge is -2.11. The number of hydrogen-bond donors (Lipinski definition) is 3. The first-order valence-electron chi connectivity index (χ1n) is 4.73. The number of aliphatic hydroxyl groups excluding tert-OH is 2. The summed E-state index contributed by atoms with van der Waals surface area (Å²) in [6.07, 6.45) is 1.21. The predicted molar refractivity (Wildman–Crippen MR) is 48.0 cm³/mol. The fraction of sp³-hybridized carbons (Fsp3) is 0.889. The quantitative estimate of drug-likeness (QED) is 0.565. The Hall–Kier alpha value is -0.610. The minimum Gasteiger partial charge on any atom is -0.393 e. The molecule has 2 unspecified atom stereocenters. The van der Waals surface area contributed by atoms with E-state index in [1.807, 2.05) is 0 Å². The van der Waals surface area contributed by atoms with Crippen LogP contribution >= 0.6 is 0 Å². The van der Waals surface area contributed by atoms with Gasteiger partial charge in [-0.15, -0.1) is 0 Å². The van der Waals surface area contributed by atoms with Gasteiger partial charge in [-0.05, 0) is 26.2 Å². The summed E-state index contributed by atoms with van der Waals surface area (Å²) >= 11 is 0. The lowest BCUT2D eigenvalue weighted by molar-refractivity contribution is -0.125. The van der Waals surface area contributed by atoms with Crippen LogP contribution in [0.15, 0.2) is 0 Å². The SMILES string of the molecule is C[C@@H](O)CNC(=O)C1CCC(O)C1. The Kier molecular flexibility index (Phi) is 3.69. The number of carbonyl (C=O) groups is 1. The van der Waals surface area contributed by atoms with Gasteiger partial charge in [0.1, 0.15) is 0 Å². The zero-order chi connectivity index (χ0) is 9.84. The standard InChI is InChI=1S/C9H17NO3/c1-6(11)5-10-9(13)7-2-3-8(12)4-7/h6-8,11-12H,2-5H2,1H3,(H,10,13)/t6-,7?,8?/m1/s1. The van der Waals surface area contributed by atoms with Crippen LogP contribution in [0, 0.1) is 5.92 Å². The average molecular weight is 187 g/mol. The van der Waals surface area contributed by atoms with E-state index in [4.69, 9.17) is 5.11 Å². The van der Waals surface area contributed by atoms with Crippen LogP contribution in [-0.2, 0) is 4.79 Å². The Balaban J connectivity index is 2.24. The molecule has 4 heteroatoms. The van der Waals surface area contributed by atoms with Gasteiger partial charge in [0.15, 0.2) is 0 Å². The fourth-order valence-electron chi connectivity index (χ4n) is 1.59. The Morgan fingerprint density at radius 2 is 2.31 bits per heavy atom. The van der Waals surface area contributed by atoms with Crippen LogP contribution < -0.4 is 5.32 Å². The molecular formula is C9H17NO3. The van der Waals surface area contributed by atoms with E-state index in [-0.39, 0.29) is 17.9 Å². The zero-order valence-electron chi connectivity index (χ0n) is 7.86. The van der Waals surface area contributed by atoms with Gasteiger partial charge in [0.2, 0.25) is 5.91 Å². The number of amides is 1. The van der Waals surface area contributed by atoms with Crippen LogP contribution in [0.4, 0.5) is 0 Å². The number of aliphatic hydroxyl groups is 2. The molecule has 0 aromatic rings. The molecule has 0 spiro atoms. The summed E-state index contributed by atoms with van der Waals surface area (Å²) in [6, 6.07) is 0. The summed E-state index contributed by atoms with van der Waals surface area (Å²) in [5, 5.41) is 20.8. The normalized spacial score (nSPS) is 30.1. The summed E-state index contributed by atoms with van der Waals surface area (Å²) in [6.45, 7) is 1.93. The van der Waals surface area contributed by atoms with Crippen molar-refractivity contribution >= 4 is 5.91 Å². The minimum atomic E-state index is -0.504. The van der Waals surface area contributed by atoms with Gasteiger partial charge in [0.05, 0.1) is 12.2 Å². The second-order valence-corrected chi connectivity index (χ2v) is 3.76. The first kappa shape index (κ1) is 10.5. The van der Waals surface area contributed by atoms with Crippen molar-refractivity contribution in [2.24, 2.45) is 5.92 Å². The summed E-state index contributed by atoms with van der Waals surface area (Å²) in [5.74, 6) is -0.105. The summed E-state index contributed by atoms with van der Waals surface area (Å²) in [4.78, 5) is 11.4. The molecule has 76 valence electrons. The second kappa shape index (κ2) is 4.58. The molecule has 1 rings (SSSR count). The summed E-state index contributed by atoms with van der Waals surface area (Å²) < 4.78 is 0. The van der Waals surface area contributed by atoms with Crippen molar-refractivity contribution in [2.45, 2.75) is 38.4 Å². The highest BCUT2D eigenvalue weighted by molar-refractivity contribution is 5.78. The number of carbonyl (C=O) groups excluding carboxylic acids is 1. The van der Waals surface area contributed by atoms with E-state index < -0.39 is 6.10 Å². The maximum absolute atomic E-state index is 11.4. The van der Waals surface area contributed by atoms with Crippen molar-refractivity contribution in [3.8, 4) is 0 Å². The van der Waals surface area contributed by atoms with E-state index in [1.54, 1.807) is 6.92 Å². The maximum Gasteiger partial charge on any atom is 0.223 e. The fourth-order valence-corrected chi connectivity index (χ4v) is 1.59. The molecular weight excluding hydrogens is 170 g/mol. The first-order chi connectivity index (χ1) is 6.09. The van der Waals surface area contributed by atoms with Crippen LogP contribution in [0.5, 0.6) is 0 Å². The third-order valence-electron chi connectivity index (χ3n) is 2.35. The maximum atomic E-state index is 11.4. The van der Waals surface area contributed by atoms with Gasteiger partial charge in [-0.2, -0.15) is 0 Å². The predicted octanol–water partition coefficient (Wildman–Crippen LogP) is -0.356. The first-order valence-corrected chi connectivity index (χ1v) is 4.73. The van der Waals surface area contributed by atoms with Crippen LogP contribution in [0.25, 0.3) is 0 Å². The highest BCUT2D eigenvalue weighted by atomic mass is 16.3. The Labute approximate surface area is 78.0 Å². The molecule has 1 saturated carbocycles. The van der Waals surface area contributed by atoms with E-state index in [0.717, 1.165) is 6.42 Å². The third-order valence-corrected chi connectivity index (χ3v) is 2.35. The molecule has 4 nitrogen and oxygen atoms in total. The molecule has 3 N–H and O–H groups in total. The monoisotopic (exact) mass is 187 g/mol. The molecule has 1 aliphatic carbocycles. The molecule has 1 amide bonds. The molecule has 13 heavy (non-hydrogen) atoms. The Morgan fingerprint density at radius 3 is 2.77 bits per heavy atom. The highest BCUT2D eigenvalue weighted by Crippen LogP contribution is 2.25. The van der Waals surface area contributed by atoms with Crippen LogP contribution in [-0.4, -0.2) is 34.9 Å². The van der Waals surface area contributed by atoms with Gasteiger partial charge in [-0.1, -0.05) is 0 Å². The summed E-state index contributed by atoms with van der Waals surface area (Å²) in [5.41, 5.74) is 0. The van der Waals surface area contributed by atoms with Gasteiger partial charge in [0.25, 0.3) is 0 Å². The van der Waals surface area contributed by atoms with Crippen LogP contribution in [0.3, 0.4) is 0 Å². The Morgan fingerprint density at radius 1 is 1.62 bits per heavy atom. The molecule has 0 heterocycles. The molecule has 3 atom stereocenters. The largest absolute Gasteiger partial charge is 0.393 e. The molecule has 0 aliphatic heterocycles. The topological polar surface area (TPSA) is 69.6 Å². The van der Waals surface area contributed by atoms with Crippen molar-refractivity contribution in [1.82, 2.24) is 5.32 Å². The molecule has 1 fully saturated rings. The highest BCUT2D eigenvalue weighted by Gasteiger charge is 2.28. The van der Waals surface area contributed by atoms with Crippen molar-refractivity contribution in [3.05, 3.63) is 0 Å². The molecule has 0 radical (unpaired) electrons. The van der Waals surface area contributed by atoms with Gasteiger partial charge in [0, 0.05) is 12.5 Å². The second-order valence-electron chi connectivity index (χ2n) is 3.76. The van der Waals surface area contributed by atoms with Gasteiger partial charge >= 0.3 is 0 Å². The van der Waals surface area contributed by atoms with Crippen LogP contribution in [0.2, 0.25) is 0 Å². The molecule has 0 aromatic carbocycles. The minimum absolute atomic E-state index is 0.0440. The molecule has 0 bridgehead atoms. The molecule has 0 aromatic heterocycles. The van der Waals surface area contributed by atoms with Crippen molar-refractivity contribution in [2.75, 3.05) is 6.54 Å². The van der Waals surface area contributed by atoms with Gasteiger partial charge in [-0.3, -0.25) is 4.79 Å². The van der Waals surface area contributed by atoms with Crippen molar-refractivity contribution in [3.63, 3.8) is 0 Å². The van der Waals surface area contributed by atoms with Crippen molar-refractivity contribution in [1.29, 1.82) is 0 Å². The lowest BCUT2D eigenvalue weighted by Crippen LogP contribution is -2.34. The van der Waals surface area contributed by atoms with E-state index in [1.165, 1.54) is 0 Å². The smallest absolute Gasteiger partial charge is 0.223 e. The van der Waals surface area contributed by atoms with Gasteiger partial charge < -0.3 is 15.5 Å². The number of hydrogen-bond acceptors (Lipinski definition) is 3. The third kappa shape index (κ3) is 3.32. The molecule has 1 aliphatic rings. The van der Waals surface area contributed by atoms with E-state index in [0.29, 0.717) is 19.4 Å². The lowest BCUT2D eigenvalue weighted by atomic mass is 10.1. The number of nitrogens with one attached hydrogen (secondary N) is 1. The average Bonchev–Trinajstić information content (AvgIpc) is 2.47.